The van der Waals surface area contributed by atoms with Crippen molar-refractivity contribution in [1.29, 1.82) is 0 Å². The number of nitrogens with zero attached hydrogens (tertiary/aromatic N) is 4. The topological polar surface area (TPSA) is 80.0 Å². The quantitative estimate of drug-likeness (QED) is 0.792. The largest absolute Gasteiger partial charge is 0.461 e. The van der Waals surface area contributed by atoms with Gasteiger partial charge in [-0.05, 0) is 25.1 Å². The van der Waals surface area contributed by atoms with Gasteiger partial charge in [0.15, 0.2) is 11.6 Å². The molecule has 124 valence electrons. The summed E-state index contributed by atoms with van der Waals surface area (Å²) in [5.74, 6) is 1.09. The van der Waals surface area contributed by atoms with Crippen LogP contribution >= 0.6 is 0 Å². The molecule has 0 radical (unpaired) electrons. The molecule has 24 heavy (non-hydrogen) atoms. The molecule has 3 aromatic heterocycles. The van der Waals surface area contributed by atoms with Crippen LogP contribution in [0, 0.1) is 6.92 Å². The molecule has 0 aromatic carbocycles. The molecule has 0 fully saturated rings. The molecule has 7 heteroatoms. The molecule has 3 aromatic rings. The number of furan rings is 1. The van der Waals surface area contributed by atoms with Gasteiger partial charge < -0.3 is 9.40 Å². The van der Waals surface area contributed by atoms with Crippen LogP contribution in [-0.4, -0.2) is 31.2 Å². The fraction of sp³-hybridized carbons (Fsp3) is 0.353. The summed E-state index contributed by atoms with van der Waals surface area (Å²) in [6, 6.07) is 5.66. The van der Waals surface area contributed by atoms with Gasteiger partial charge in [0.25, 0.3) is 5.56 Å². The van der Waals surface area contributed by atoms with Crippen LogP contribution in [0.4, 0.5) is 0 Å². The van der Waals surface area contributed by atoms with Gasteiger partial charge in [-0.1, -0.05) is 0 Å². The Morgan fingerprint density at radius 1 is 1.42 bits per heavy atom. The first-order valence-corrected chi connectivity index (χ1v) is 7.98. The van der Waals surface area contributed by atoms with Crippen LogP contribution < -0.4 is 5.56 Å². The second-order valence-corrected chi connectivity index (χ2v) is 6.18. The highest BCUT2D eigenvalue weighted by Crippen LogP contribution is 2.20. The zero-order chi connectivity index (χ0) is 16.7. The predicted molar refractivity (Wildman–Crippen MR) is 88.3 cm³/mol. The lowest BCUT2D eigenvalue weighted by Crippen LogP contribution is -2.35. The van der Waals surface area contributed by atoms with Crippen molar-refractivity contribution in [2.24, 2.45) is 7.05 Å². The van der Waals surface area contributed by atoms with Gasteiger partial charge in [-0.3, -0.25) is 14.4 Å². The van der Waals surface area contributed by atoms with Gasteiger partial charge in [-0.25, -0.2) is 4.98 Å². The fourth-order valence-electron chi connectivity index (χ4n) is 3.19. The molecule has 0 spiro atoms. The first kappa shape index (κ1) is 14.9. The van der Waals surface area contributed by atoms with Crippen molar-refractivity contribution in [3.05, 3.63) is 57.5 Å². The Morgan fingerprint density at radius 3 is 3.00 bits per heavy atom. The Hall–Kier alpha value is -2.67. The monoisotopic (exact) mass is 325 g/mol. The maximum atomic E-state index is 12.5. The summed E-state index contributed by atoms with van der Waals surface area (Å²) in [4.78, 5) is 22.1. The molecule has 0 amide bonds. The van der Waals surface area contributed by atoms with E-state index in [9.17, 15) is 4.79 Å². The number of fused-ring (bicyclic) bond motifs is 1. The van der Waals surface area contributed by atoms with Crippen LogP contribution in [0.25, 0.3) is 11.6 Å². The number of H-pyrrole nitrogens is 1. The average molecular weight is 325 g/mol. The van der Waals surface area contributed by atoms with Crippen molar-refractivity contribution in [3.63, 3.8) is 0 Å². The van der Waals surface area contributed by atoms with E-state index in [4.69, 9.17) is 4.42 Å². The standard InChI is InChI=1S/C17H19N5O2/c1-11-8-12(21(2)20-11)9-22-6-5-14-13(10-22)17(23)19-16(18-14)15-4-3-7-24-15/h3-4,7-8H,5-6,9-10H2,1-2H3,(H,18,19,23). The van der Waals surface area contributed by atoms with Crippen LogP contribution in [0.15, 0.2) is 33.7 Å². The van der Waals surface area contributed by atoms with Crippen molar-refractivity contribution in [1.82, 2.24) is 24.6 Å². The Labute approximate surface area is 138 Å². The highest BCUT2D eigenvalue weighted by atomic mass is 16.3. The SMILES string of the molecule is Cc1cc(CN2CCc3nc(-c4ccco4)[nH]c(=O)c3C2)n(C)n1. The molecule has 0 atom stereocenters. The summed E-state index contributed by atoms with van der Waals surface area (Å²) in [7, 11) is 1.95. The molecule has 0 saturated heterocycles. The second-order valence-electron chi connectivity index (χ2n) is 6.18. The normalized spacial score (nSPS) is 14.8. The van der Waals surface area contributed by atoms with Gasteiger partial charge in [0.05, 0.1) is 28.9 Å². The molecule has 4 heterocycles. The highest BCUT2D eigenvalue weighted by Gasteiger charge is 2.22. The highest BCUT2D eigenvalue weighted by molar-refractivity contribution is 5.46. The lowest BCUT2D eigenvalue weighted by molar-refractivity contribution is 0.235. The number of nitrogens with one attached hydrogen (secondary N) is 1. The maximum absolute atomic E-state index is 12.5. The molecular weight excluding hydrogens is 306 g/mol. The molecular formula is C17H19N5O2. The van der Waals surface area contributed by atoms with Gasteiger partial charge in [0.1, 0.15) is 0 Å². The van der Waals surface area contributed by atoms with Gasteiger partial charge in [-0.2, -0.15) is 5.10 Å². The molecule has 0 unspecified atom stereocenters. The van der Waals surface area contributed by atoms with E-state index in [1.165, 1.54) is 0 Å². The van der Waals surface area contributed by atoms with E-state index < -0.39 is 0 Å². The minimum atomic E-state index is -0.0858. The number of aromatic nitrogens is 4. The number of aromatic amines is 1. The summed E-state index contributed by atoms with van der Waals surface area (Å²) >= 11 is 0. The van der Waals surface area contributed by atoms with Gasteiger partial charge in [-0.15, -0.1) is 0 Å². The van der Waals surface area contributed by atoms with E-state index in [2.05, 4.69) is 26.0 Å². The third-order valence-electron chi connectivity index (χ3n) is 4.39. The summed E-state index contributed by atoms with van der Waals surface area (Å²) in [5.41, 5.74) is 3.68. The average Bonchev–Trinajstić information content (AvgIpc) is 3.18. The maximum Gasteiger partial charge on any atom is 0.256 e. The van der Waals surface area contributed by atoms with Gasteiger partial charge in [0.2, 0.25) is 0 Å². The molecule has 0 bridgehead atoms. The van der Waals surface area contributed by atoms with E-state index in [0.717, 1.165) is 42.2 Å². The number of rotatable bonds is 3. The fourth-order valence-corrected chi connectivity index (χ4v) is 3.19. The summed E-state index contributed by atoms with van der Waals surface area (Å²) < 4.78 is 7.22. The lowest BCUT2D eigenvalue weighted by atomic mass is 10.1. The molecule has 0 saturated carbocycles. The molecule has 0 aliphatic carbocycles. The van der Waals surface area contributed by atoms with Crippen molar-refractivity contribution < 1.29 is 4.42 Å². The van der Waals surface area contributed by atoms with Crippen molar-refractivity contribution in [2.75, 3.05) is 6.54 Å². The van der Waals surface area contributed by atoms with Crippen LogP contribution in [0.1, 0.15) is 22.6 Å². The molecule has 7 nitrogen and oxygen atoms in total. The third kappa shape index (κ3) is 2.67. The summed E-state index contributed by atoms with van der Waals surface area (Å²) in [6.45, 7) is 4.22. The van der Waals surface area contributed by atoms with Crippen molar-refractivity contribution >= 4 is 0 Å². The Bertz CT molecular complexity index is 923. The zero-order valence-corrected chi connectivity index (χ0v) is 13.7. The smallest absolute Gasteiger partial charge is 0.256 e. The van der Waals surface area contributed by atoms with Crippen molar-refractivity contribution in [3.8, 4) is 11.6 Å². The minimum absolute atomic E-state index is 0.0858. The van der Waals surface area contributed by atoms with E-state index in [1.807, 2.05) is 18.7 Å². The third-order valence-corrected chi connectivity index (χ3v) is 4.39. The first-order chi connectivity index (χ1) is 11.6. The van der Waals surface area contributed by atoms with Crippen LogP contribution in [0.5, 0.6) is 0 Å². The van der Waals surface area contributed by atoms with Crippen molar-refractivity contribution in [2.45, 2.75) is 26.4 Å². The van der Waals surface area contributed by atoms with Crippen LogP contribution in [0.2, 0.25) is 0 Å². The molecule has 4 rings (SSSR count). The number of hydrogen-bond donors (Lipinski definition) is 1. The number of hydrogen-bond acceptors (Lipinski definition) is 5. The van der Waals surface area contributed by atoms with Crippen LogP contribution in [0.3, 0.4) is 0 Å². The Kier molecular flexibility index (Phi) is 3.57. The van der Waals surface area contributed by atoms with Crippen LogP contribution in [-0.2, 0) is 26.6 Å². The van der Waals surface area contributed by atoms with E-state index in [0.29, 0.717) is 18.1 Å². The lowest BCUT2D eigenvalue weighted by Gasteiger charge is -2.27. The number of aryl methyl sites for hydroxylation is 2. The van der Waals surface area contributed by atoms with Gasteiger partial charge >= 0.3 is 0 Å². The second kappa shape index (κ2) is 5.76. The summed E-state index contributed by atoms with van der Waals surface area (Å²) in [6.07, 6.45) is 2.33. The Balaban J connectivity index is 1.59. The first-order valence-electron chi connectivity index (χ1n) is 7.98. The van der Waals surface area contributed by atoms with E-state index in [-0.39, 0.29) is 5.56 Å². The summed E-state index contributed by atoms with van der Waals surface area (Å²) in [5, 5.41) is 4.38. The van der Waals surface area contributed by atoms with E-state index in [1.54, 1.807) is 18.4 Å². The molecule has 1 aliphatic rings. The predicted octanol–water partition coefficient (Wildman–Crippen LogP) is 1.63. The minimum Gasteiger partial charge on any atom is -0.461 e. The zero-order valence-electron chi connectivity index (χ0n) is 13.7. The Morgan fingerprint density at radius 2 is 2.29 bits per heavy atom. The van der Waals surface area contributed by atoms with E-state index >= 15 is 0 Å². The van der Waals surface area contributed by atoms with Gasteiger partial charge in [0, 0.05) is 33.1 Å². The molecule has 1 aliphatic heterocycles. The molecule has 1 N–H and O–H groups in total.